The molecule has 6 nitrogen and oxygen atoms in total. The molecule has 2 N–H and O–H groups in total. The first-order valence-electron chi connectivity index (χ1n) is 9.01. The molecule has 2 aromatic carbocycles. The number of rotatable bonds is 2. The van der Waals surface area contributed by atoms with Crippen LogP contribution in [0.25, 0.3) is 31.4 Å². The molecule has 3 heterocycles. The number of imidazole rings is 1. The van der Waals surface area contributed by atoms with Crippen molar-refractivity contribution in [2.75, 3.05) is 12.4 Å². The van der Waals surface area contributed by atoms with E-state index >= 15 is 0 Å². The molecule has 0 atom stereocenters. The number of anilines is 1. The molecule has 3 aromatic heterocycles. The minimum Gasteiger partial charge on any atom is -0.388 e. The van der Waals surface area contributed by atoms with Gasteiger partial charge in [0.25, 0.3) is 0 Å². The van der Waals surface area contributed by atoms with Gasteiger partial charge < -0.3 is 14.7 Å². The van der Waals surface area contributed by atoms with Gasteiger partial charge in [0.1, 0.15) is 6.79 Å². The third-order valence-corrected chi connectivity index (χ3v) is 5.51. The number of thiophene rings is 1. The number of aryl methyl sites for hydroxylation is 2. The van der Waals surface area contributed by atoms with Crippen molar-refractivity contribution >= 4 is 44.8 Å². The highest BCUT2D eigenvalue weighted by Crippen LogP contribution is 2.37. The van der Waals surface area contributed by atoms with Crippen LogP contribution in [0.1, 0.15) is 5.69 Å². The van der Waals surface area contributed by atoms with Crippen LogP contribution in [0.4, 0.5) is 5.69 Å². The molecule has 0 aliphatic carbocycles. The van der Waals surface area contributed by atoms with Gasteiger partial charge in [0.15, 0.2) is 0 Å². The normalized spacial score (nSPS) is 10.2. The van der Waals surface area contributed by atoms with Crippen molar-refractivity contribution in [3.8, 4) is 10.4 Å². The average Bonchev–Trinajstić information content (AvgIpc) is 3.48. The number of hydrogen-bond acceptors (Lipinski definition) is 5. The van der Waals surface area contributed by atoms with E-state index in [9.17, 15) is 0 Å². The Morgan fingerprint density at radius 1 is 1.14 bits per heavy atom. The fraction of sp³-hybridized carbons (Fsp3) is 0.136. The first-order valence-corrected chi connectivity index (χ1v) is 9.83. The van der Waals surface area contributed by atoms with E-state index in [0.717, 1.165) is 22.3 Å². The van der Waals surface area contributed by atoms with Gasteiger partial charge in [-0.25, -0.2) is 4.98 Å². The van der Waals surface area contributed by atoms with Crippen molar-refractivity contribution in [3.05, 3.63) is 66.9 Å². The number of hydrogen-bond donors (Lipinski definition) is 2. The Bertz CT molecular complexity index is 1170. The van der Waals surface area contributed by atoms with Gasteiger partial charge in [-0.2, -0.15) is 5.10 Å². The quantitative estimate of drug-likeness (QED) is 0.432. The molecule has 0 fully saturated rings. The predicted octanol–water partition coefficient (Wildman–Crippen LogP) is 5.03. The van der Waals surface area contributed by atoms with Crippen LogP contribution < -0.4 is 5.32 Å². The molecule has 0 radical (unpaired) electrons. The van der Waals surface area contributed by atoms with Crippen LogP contribution in [-0.2, 0) is 11.8 Å². The molecule has 0 saturated carbocycles. The van der Waals surface area contributed by atoms with Gasteiger partial charge >= 0.3 is 0 Å². The minimum absolute atomic E-state index is 1.07. The summed E-state index contributed by atoms with van der Waals surface area (Å²) in [4.78, 5) is 13.2. The number of aromatic nitrogens is 4. The van der Waals surface area contributed by atoms with E-state index in [-0.39, 0.29) is 0 Å². The molecule has 0 saturated heterocycles. The second-order valence-electron chi connectivity index (χ2n) is 6.44. The zero-order chi connectivity index (χ0) is 20.8. The molecule has 5 aromatic rings. The summed E-state index contributed by atoms with van der Waals surface area (Å²) < 4.78 is 3.24. The Kier molecular flexibility index (Phi) is 6.41. The molecule has 148 valence electrons. The van der Waals surface area contributed by atoms with Crippen LogP contribution in [0, 0.1) is 6.92 Å². The number of benzene rings is 2. The monoisotopic (exact) mass is 405 g/mol. The van der Waals surface area contributed by atoms with Gasteiger partial charge in [-0.15, -0.1) is 11.3 Å². The fourth-order valence-electron chi connectivity index (χ4n) is 3.05. The largest absolute Gasteiger partial charge is 0.388 e. The lowest BCUT2D eigenvalue weighted by Crippen LogP contribution is -1.88. The van der Waals surface area contributed by atoms with Crippen LogP contribution in [0.2, 0.25) is 0 Å². The molecule has 0 bridgehead atoms. The van der Waals surface area contributed by atoms with Gasteiger partial charge in [-0.3, -0.25) is 5.10 Å². The highest BCUT2D eigenvalue weighted by molar-refractivity contribution is 7.22. The van der Waals surface area contributed by atoms with Crippen molar-refractivity contribution in [1.29, 1.82) is 0 Å². The maximum Gasteiger partial charge on any atom is 0.106 e. The highest BCUT2D eigenvalue weighted by Gasteiger charge is 2.10. The summed E-state index contributed by atoms with van der Waals surface area (Å²) in [6.07, 6.45) is 5.63. The number of aromatic amines is 1. The van der Waals surface area contributed by atoms with Crippen LogP contribution in [0.3, 0.4) is 0 Å². The summed E-state index contributed by atoms with van der Waals surface area (Å²) in [7, 11) is 3.90. The zero-order valence-corrected chi connectivity index (χ0v) is 17.5. The van der Waals surface area contributed by atoms with Gasteiger partial charge in [0, 0.05) is 46.5 Å². The summed E-state index contributed by atoms with van der Waals surface area (Å²) in [5, 5.41) is 12.9. The van der Waals surface area contributed by atoms with Crippen molar-refractivity contribution in [2.24, 2.45) is 7.05 Å². The molecular weight excluding hydrogens is 382 g/mol. The number of carbonyl (C=O) groups excluding carboxylic acids is 1. The molecule has 0 aliphatic heterocycles. The maximum absolute atomic E-state index is 8.00. The van der Waals surface area contributed by atoms with E-state index in [0.29, 0.717) is 0 Å². The smallest absolute Gasteiger partial charge is 0.106 e. The van der Waals surface area contributed by atoms with Crippen molar-refractivity contribution in [1.82, 2.24) is 19.7 Å². The van der Waals surface area contributed by atoms with Crippen LogP contribution in [-0.4, -0.2) is 33.6 Å². The number of carbonyl (C=O) groups is 1. The Balaban J connectivity index is 0.000000226. The zero-order valence-electron chi connectivity index (χ0n) is 16.6. The van der Waals surface area contributed by atoms with E-state index in [1.54, 1.807) is 6.33 Å². The molecule has 0 amide bonds. The first kappa shape index (κ1) is 20.3. The molecule has 0 aliphatic rings. The lowest BCUT2D eigenvalue weighted by Gasteiger charge is -2.05. The van der Waals surface area contributed by atoms with Gasteiger partial charge in [0.05, 0.1) is 23.7 Å². The second-order valence-corrected chi connectivity index (χ2v) is 7.52. The lowest BCUT2D eigenvalue weighted by molar-refractivity contribution is -0.0979. The summed E-state index contributed by atoms with van der Waals surface area (Å²) in [6, 6.07) is 15.0. The fourth-order valence-corrected chi connectivity index (χ4v) is 4.14. The van der Waals surface area contributed by atoms with Crippen molar-refractivity contribution in [3.63, 3.8) is 0 Å². The number of nitrogens with one attached hydrogen (secondary N) is 2. The molecular formula is C22H23N5OS. The third-order valence-electron chi connectivity index (χ3n) is 4.36. The number of nitrogens with zero attached hydrogens (tertiary/aromatic N) is 3. The molecule has 0 spiro atoms. The van der Waals surface area contributed by atoms with E-state index < -0.39 is 0 Å². The summed E-state index contributed by atoms with van der Waals surface area (Å²) in [5.74, 6) is 0. The molecule has 5 rings (SSSR count). The summed E-state index contributed by atoms with van der Waals surface area (Å²) in [6.45, 7) is 3.97. The first-order chi connectivity index (χ1) is 14.1. The van der Waals surface area contributed by atoms with E-state index in [1.807, 2.05) is 56.1 Å². The Hall–Kier alpha value is -3.45. The SMILES string of the molecule is C=O.CNc1cc(-c2cc3ccccc3s2)c2[nH]ncc2c1.Cc1cn(C)cn1. The molecule has 7 heteroatoms. The predicted molar refractivity (Wildman–Crippen MR) is 122 cm³/mol. The van der Waals surface area contributed by atoms with Gasteiger partial charge in [0.2, 0.25) is 0 Å². The number of fused-ring (bicyclic) bond motifs is 2. The topological polar surface area (TPSA) is 75.6 Å². The van der Waals surface area contributed by atoms with Crippen molar-refractivity contribution < 1.29 is 4.79 Å². The lowest BCUT2D eigenvalue weighted by atomic mass is 10.1. The second kappa shape index (κ2) is 9.16. The minimum atomic E-state index is 1.07. The Morgan fingerprint density at radius 3 is 2.55 bits per heavy atom. The standard InChI is InChI=1S/C16H13N3S.C5H8N2.CH2O/c1-17-12-6-11-9-18-19-16(11)13(8-12)15-7-10-4-2-3-5-14(10)20-15;1-5-3-7(2)4-6-5;1-2/h2-9,17H,1H3,(H,18,19);3-4H,1-2H3;1H2. The maximum atomic E-state index is 8.00. The Labute approximate surface area is 173 Å². The number of H-pyrrole nitrogens is 1. The van der Waals surface area contributed by atoms with E-state index in [1.165, 1.54) is 20.5 Å². The Morgan fingerprint density at radius 2 is 1.93 bits per heavy atom. The molecule has 0 unspecified atom stereocenters. The van der Waals surface area contributed by atoms with Crippen molar-refractivity contribution in [2.45, 2.75) is 6.92 Å². The van der Waals surface area contributed by atoms with Gasteiger partial charge in [-0.05, 0) is 36.6 Å². The highest BCUT2D eigenvalue weighted by atomic mass is 32.1. The summed E-state index contributed by atoms with van der Waals surface area (Å²) in [5.41, 5.74) is 4.47. The third kappa shape index (κ3) is 4.52. The van der Waals surface area contributed by atoms with Crippen LogP contribution in [0.5, 0.6) is 0 Å². The van der Waals surface area contributed by atoms with Crippen LogP contribution >= 0.6 is 11.3 Å². The average molecular weight is 406 g/mol. The van der Waals surface area contributed by atoms with Gasteiger partial charge in [-0.1, -0.05) is 18.2 Å². The van der Waals surface area contributed by atoms with Crippen LogP contribution in [0.15, 0.2) is 61.2 Å². The van der Waals surface area contributed by atoms with E-state index in [2.05, 4.69) is 63.0 Å². The van der Waals surface area contributed by atoms with E-state index in [4.69, 9.17) is 4.79 Å². The summed E-state index contributed by atoms with van der Waals surface area (Å²) >= 11 is 1.81. The molecule has 29 heavy (non-hydrogen) atoms.